The van der Waals surface area contributed by atoms with Crippen LogP contribution in [0.5, 0.6) is 0 Å². The zero-order valence-corrected chi connectivity index (χ0v) is 13.3. The summed E-state index contributed by atoms with van der Waals surface area (Å²) in [5.74, 6) is -0.199. The van der Waals surface area contributed by atoms with Gasteiger partial charge in [0, 0.05) is 11.1 Å². The number of nitrogens with one attached hydrogen (secondary N) is 1. The molecule has 21 heavy (non-hydrogen) atoms. The quantitative estimate of drug-likeness (QED) is 0.785. The minimum absolute atomic E-state index is 0.188. The van der Waals surface area contributed by atoms with Gasteiger partial charge in [-0.3, -0.25) is 0 Å². The lowest BCUT2D eigenvalue weighted by Gasteiger charge is -2.20. The van der Waals surface area contributed by atoms with E-state index in [2.05, 4.69) is 18.3 Å². The van der Waals surface area contributed by atoms with Crippen molar-refractivity contribution in [1.82, 2.24) is 5.32 Å². The molecule has 0 fully saturated rings. The molecule has 1 nitrogen and oxygen atoms in total. The van der Waals surface area contributed by atoms with E-state index >= 15 is 0 Å². The first-order valence-corrected chi connectivity index (χ1v) is 7.71. The maximum atomic E-state index is 13.0. The molecule has 0 spiro atoms. The Bertz CT molecular complexity index is 560. The molecule has 0 heterocycles. The number of hydrogen-bond acceptors (Lipinski definition) is 1. The molecule has 0 aliphatic rings. The zero-order valence-electron chi connectivity index (χ0n) is 12.5. The van der Waals surface area contributed by atoms with Crippen molar-refractivity contribution >= 4 is 11.6 Å². The van der Waals surface area contributed by atoms with Crippen molar-refractivity contribution < 1.29 is 4.39 Å². The second kappa shape index (κ2) is 7.58. The molecule has 0 radical (unpaired) electrons. The molecular formula is C18H21ClFN. The highest BCUT2D eigenvalue weighted by Gasteiger charge is 2.13. The van der Waals surface area contributed by atoms with E-state index < -0.39 is 0 Å². The fraction of sp³-hybridized carbons (Fsp3) is 0.333. The molecule has 0 aliphatic heterocycles. The third kappa shape index (κ3) is 4.83. The van der Waals surface area contributed by atoms with Gasteiger partial charge in [-0.1, -0.05) is 36.7 Å². The summed E-state index contributed by atoms with van der Waals surface area (Å²) < 4.78 is 13.0. The molecule has 0 bridgehead atoms. The second-order valence-corrected chi connectivity index (χ2v) is 5.84. The molecule has 0 saturated heterocycles. The number of benzene rings is 2. The molecule has 1 N–H and O–H groups in total. The summed E-state index contributed by atoms with van der Waals surface area (Å²) in [7, 11) is 0. The van der Waals surface area contributed by atoms with Gasteiger partial charge in [-0.25, -0.2) is 4.39 Å². The van der Waals surface area contributed by atoms with Crippen LogP contribution in [0.3, 0.4) is 0 Å². The van der Waals surface area contributed by atoms with Crippen LogP contribution in [0.4, 0.5) is 4.39 Å². The maximum absolute atomic E-state index is 13.0. The normalized spacial score (nSPS) is 12.4. The standard InChI is InChI=1S/C18H21ClFN/c1-3-8-21-18(11-14-4-6-17(20)7-5-14)15-9-13(2)10-16(19)12-15/h4-7,9-10,12,18,21H,3,8,11H2,1-2H3. The lowest BCUT2D eigenvalue weighted by molar-refractivity contribution is 0.528. The van der Waals surface area contributed by atoms with Crippen molar-refractivity contribution in [2.75, 3.05) is 6.54 Å². The summed E-state index contributed by atoms with van der Waals surface area (Å²) in [4.78, 5) is 0. The minimum atomic E-state index is -0.199. The topological polar surface area (TPSA) is 12.0 Å². The molecule has 1 unspecified atom stereocenters. The van der Waals surface area contributed by atoms with E-state index in [1.165, 1.54) is 17.7 Å². The number of rotatable bonds is 6. The molecule has 2 aromatic rings. The molecular weight excluding hydrogens is 285 g/mol. The van der Waals surface area contributed by atoms with Gasteiger partial charge < -0.3 is 5.32 Å². The van der Waals surface area contributed by atoms with Gasteiger partial charge in [-0.05, 0) is 67.3 Å². The Morgan fingerprint density at radius 1 is 1.14 bits per heavy atom. The van der Waals surface area contributed by atoms with Gasteiger partial charge in [0.1, 0.15) is 5.82 Å². The predicted molar refractivity (Wildman–Crippen MR) is 87.3 cm³/mol. The molecule has 1 atom stereocenters. The highest BCUT2D eigenvalue weighted by Crippen LogP contribution is 2.23. The summed E-state index contributed by atoms with van der Waals surface area (Å²) in [5, 5.41) is 4.31. The zero-order chi connectivity index (χ0) is 15.2. The fourth-order valence-electron chi connectivity index (χ4n) is 2.45. The van der Waals surface area contributed by atoms with Crippen molar-refractivity contribution in [1.29, 1.82) is 0 Å². The summed E-state index contributed by atoms with van der Waals surface area (Å²) >= 11 is 6.17. The molecule has 2 rings (SSSR count). The van der Waals surface area contributed by atoms with Crippen molar-refractivity contribution in [2.45, 2.75) is 32.7 Å². The van der Waals surface area contributed by atoms with Crippen molar-refractivity contribution in [2.24, 2.45) is 0 Å². The minimum Gasteiger partial charge on any atom is -0.310 e. The van der Waals surface area contributed by atoms with Crippen LogP contribution < -0.4 is 5.32 Å². The van der Waals surface area contributed by atoms with Gasteiger partial charge in [0.15, 0.2) is 0 Å². The van der Waals surface area contributed by atoms with E-state index in [9.17, 15) is 4.39 Å². The molecule has 112 valence electrons. The van der Waals surface area contributed by atoms with Crippen LogP contribution in [-0.4, -0.2) is 6.54 Å². The van der Waals surface area contributed by atoms with Crippen molar-refractivity contribution in [3.8, 4) is 0 Å². The van der Waals surface area contributed by atoms with Crippen LogP contribution in [-0.2, 0) is 6.42 Å². The van der Waals surface area contributed by atoms with Crippen LogP contribution in [0, 0.1) is 12.7 Å². The second-order valence-electron chi connectivity index (χ2n) is 5.40. The van der Waals surface area contributed by atoms with E-state index in [0.29, 0.717) is 0 Å². The van der Waals surface area contributed by atoms with Crippen LogP contribution in [0.15, 0.2) is 42.5 Å². The average Bonchev–Trinajstić information content (AvgIpc) is 2.44. The van der Waals surface area contributed by atoms with E-state index in [1.54, 1.807) is 0 Å². The van der Waals surface area contributed by atoms with E-state index in [4.69, 9.17) is 11.6 Å². The van der Waals surface area contributed by atoms with E-state index in [1.807, 2.05) is 31.2 Å². The number of hydrogen-bond donors (Lipinski definition) is 1. The van der Waals surface area contributed by atoms with Gasteiger partial charge in [0.2, 0.25) is 0 Å². The lowest BCUT2D eigenvalue weighted by atomic mass is 9.97. The molecule has 3 heteroatoms. The van der Waals surface area contributed by atoms with E-state index in [0.717, 1.165) is 35.5 Å². The summed E-state index contributed by atoms with van der Waals surface area (Å²) in [6, 6.07) is 13.0. The van der Waals surface area contributed by atoms with Crippen LogP contribution in [0.1, 0.15) is 36.1 Å². The first-order valence-electron chi connectivity index (χ1n) is 7.33. The van der Waals surface area contributed by atoms with Crippen LogP contribution >= 0.6 is 11.6 Å². The predicted octanol–water partition coefficient (Wildman–Crippen LogP) is 5.07. The average molecular weight is 306 g/mol. The van der Waals surface area contributed by atoms with Gasteiger partial charge >= 0.3 is 0 Å². The Morgan fingerprint density at radius 3 is 2.48 bits per heavy atom. The van der Waals surface area contributed by atoms with Crippen molar-refractivity contribution in [3.63, 3.8) is 0 Å². The molecule has 0 aliphatic carbocycles. The van der Waals surface area contributed by atoms with Gasteiger partial charge in [0.05, 0.1) is 0 Å². The monoisotopic (exact) mass is 305 g/mol. The third-order valence-electron chi connectivity index (χ3n) is 3.46. The molecule has 0 amide bonds. The Balaban J connectivity index is 2.22. The first-order chi connectivity index (χ1) is 10.1. The summed E-state index contributed by atoms with van der Waals surface area (Å²) in [6.07, 6.45) is 1.89. The fourth-order valence-corrected chi connectivity index (χ4v) is 2.75. The van der Waals surface area contributed by atoms with Crippen LogP contribution in [0.2, 0.25) is 5.02 Å². The molecule has 2 aromatic carbocycles. The Labute approximate surface area is 131 Å². The summed E-state index contributed by atoms with van der Waals surface area (Å²) in [6.45, 7) is 5.13. The molecule has 0 aromatic heterocycles. The number of halogens is 2. The Morgan fingerprint density at radius 2 is 1.86 bits per heavy atom. The largest absolute Gasteiger partial charge is 0.310 e. The SMILES string of the molecule is CCCNC(Cc1ccc(F)cc1)c1cc(C)cc(Cl)c1. The maximum Gasteiger partial charge on any atom is 0.123 e. The summed E-state index contributed by atoms with van der Waals surface area (Å²) in [5.41, 5.74) is 3.44. The number of aryl methyl sites for hydroxylation is 1. The van der Waals surface area contributed by atoms with Crippen LogP contribution in [0.25, 0.3) is 0 Å². The Kier molecular flexibility index (Phi) is 5.77. The van der Waals surface area contributed by atoms with Crippen molar-refractivity contribution in [3.05, 3.63) is 70.0 Å². The smallest absolute Gasteiger partial charge is 0.123 e. The van der Waals surface area contributed by atoms with E-state index in [-0.39, 0.29) is 11.9 Å². The Hall–Kier alpha value is -1.38. The first kappa shape index (κ1) is 16.0. The highest BCUT2D eigenvalue weighted by atomic mass is 35.5. The van der Waals surface area contributed by atoms with Gasteiger partial charge in [-0.2, -0.15) is 0 Å². The van der Waals surface area contributed by atoms with Gasteiger partial charge in [-0.15, -0.1) is 0 Å². The lowest BCUT2D eigenvalue weighted by Crippen LogP contribution is -2.24. The third-order valence-corrected chi connectivity index (χ3v) is 3.68. The molecule has 0 saturated carbocycles. The van der Waals surface area contributed by atoms with Gasteiger partial charge in [0.25, 0.3) is 0 Å². The highest BCUT2D eigenvalue weighted by molar-refractivity contribution is 6.30.